The number of carboxylic acid groups (broad SMARTS) is 1. The zero-order valence-corrected chi connectivity index (χ0v) is 13.7. The first-order valence-electron chi connectivity index (χ1n) is 6.73. The lowest BCUT2D eigenvalue weighted by Crippen LogP contribution is -2.40. The van der Waals surface area contributed by atoms with Crippen molar-refractivity contribution in [1.29, 1.82) is 0 Å². The third-order valence-corrected chi connectivity index (χ3v) is 5.59. The summed E-state index contributed by atoms with van der Waals surface area (Å²) in [6, 6.07) is 3.94. The Morgan fingerprint density at radius 1 is 1.45 bits per heavy atom. The van der Waals surface area contributed by atoms with E-state index < -0.39 is 5.97 Å². The number of hydrogen-bond donors (Lipinski definition) is 1. The van der Waals surface area contributed by atoms with Crippen molar-refractivity contribution in [2.75, 3.05) is 13.1 Å². The number of nitrogens with zero attached hydrogens (tertiary/aromatic N) is 1. The SMILES string of the molecule is CC(C(=O)N1CCC(CC(=O)O)CC1)c1ccc(Br)s1. The van der Waals surface area contributed by atoms with Crippen molar-refractivity contribution in [2.45, 2.75) is 32.1 Å². The molecule has 20 heavy (non-hydrogen) atoms. The molecule has 1 aliphatic heterocycles. The van der Waals surface area contributed by atoms with Crippen molar-refractivity contribution in [1.82, 2.24) is 4.90 Å². The van der Waals surface area contributed by atoms with Crippen molar-refractivity contribution in [3.05, 3.63) is 20.8 Å². The molecule has 1 saturated heterocycles. The lowest BCUT2D eigenvalue weighted by atomic mass is 9.93. The third kappa shape index (κ3) is 3.82. The molecule has 0 bridgehead atoms. The van der Waals surface area contributed by atoms with Crippen molar-refractivity contribution >= 4 is 39.1 Å². The van der Waals surface area contributed by atoms with Crippen molar-refractivity contribution in [3.8, 4) is 0 Å². The molecule has 0 spiro atoms. The molecular weight excluding hydrogens is 342 g/mol. The first-order chi connectivity index (χ1) is 9.47. The second-order valence-corrected chi connectivity index (χ2v) is 7.72. The van der Waals surface area contributed by atoms with Gasteiger partial charge in [0.25, 0.3) is 0 Å². The molecule has 1 fully saturated rings. The molecule has 6 heteroatoms. The van der Waals surface area contributed by atoms with Gasteiger partial charge in [0, 0.05) is 24.4 Å². The van der Waals surface area contributed by atoms with E-state index in [2.05, 4.69) is 15.9 Å². The Hall–Kier alpha value is -0.880. The molecule has 1 aromatic heterocycles. The number of carbonyl (C=O) groups is 2. The van der Waals surface area contributed by atoms with Crippen LogP contribution < -0.4 is 0 Å². The molecule has 1 atom stereocenters. The van der Waals surface area contributed by atoms with E-state index in [0.29, 0.717) is 13.1 Å². The Morgan fingerprint density at radius 2 is 2.10 bits per heavy atom. The summed E-state index contributed by atoms with van der Waals surface area (Å²) in [6.45, 7) is 3.28. The molecule has 0 radical (unpaired) electrons. The highest BCUT2D eigenvalue weighted by Gasteiger charge is 2.28. The number of likely N-dealkylation sites (tertiary alicyclic amines) is 1. The monoisotopic (exact) mass is 359 g/mol. The van der Waals surface area contributed by atoms with Crippen LogP contribution >= 0.6 is 27.3 Å². The highest BCUT2D eigenvalue weighted by atomic mass is 79.9. The molecular formula is C14H18BrNO3S. The number of hydrogen-bond acceptors (Lipinski definition) is 3. The molecule has 2 heterocycles. The van der Waals surface area contributed by atoms with Gasteiger partial charge in [0.1, 0.15) is 0 Å². The second kappa shape index (κ2) is 6.72. The Balaban J connectivity index is 1.90. The van der Waals surface area contributed by atoms with Crippen molar-refractivity contribution in [3.63, 3.8) is 0 Å². The van der Waals surface area contributed by atoms with Crippen molar-refractivity contribution < 1.29 is 14.7 Å². The summed E-state index contributed by atoms with van der Waals surface area (Å²) in [5, 5.41) is 8.80. The standard InChI is InChI=1S/C14H18BrNO3S/c1-9(11-2-3-12(15)20-11)14(19)16-6-4-10(5-7-16)8-13(17)18/h2-3,9-10H,4-8H2,1H3,(H,17,18). The van der Waals surface area contributed by atoms with Gasteiger partial charge < -0.3 is 10.0 Å². The Kier molecular flexibility index (Phi) is 5.21. The van der Waals surface area contributed by atoms with Crippen LogP contribution in [0.3, 0.4) is 0 Å². The lowest BCUT2D eigenvalue weighted by molar-refractivity contribution is -0.138. The molecule has 0 saturated carbocycles. The number of thiophene rings is 1. The van der Waals surface area contributed by atoms with Crippen LogP contribution in [0.1, 0.15) is 37.0 Å². The van der Waals surface area contributed by atoms with Gasteiger partial charge in [-0.25, -0.2) is 0 Å². The van der Waals surface area contributed by atoms with Gasteiger partial charge >= 0.3 is 5.97 Å². The lowest BCUT2D eigenvalue weighted by Gasteiger charge is -2.33. The molecule has 1 amide bonds. The van der Waals surface area contributed by atoms with Crippen LogP contribution in [0.5, 0.6) is 0 Å². The molecule has 1 N–H and O–H groups in total. The largest absolute Gasteiger partial charge is 0.481 e. The maximum atomic E-state index is 12.4. The molecule has 2 rings (SSSR count). The number of carbonyl (C=O) groups excluding carboxylic acids is 1. The fraction of sp³-hybridized carbons (Fsp3) is 0.571. The fourth-order valence-electron chi connectivity index (χ4n) is 2.56. The summed E-state index contributed by atoms with van der Waals surface area (Å²) in [5.41, 5.74) is 0. The molecule has 1 unspecified atom stereocenters. The van der Waals surface area contributed by atoms with Gasteiger partial charge in [-0.1, -0.05) is 0 Å². The zero-order valence-electron chi connectivity index (χ0n) is 11.3. The number of aliphatic carboxylic acids is 1. The maximum absolute atomic E-state index is 12.4. The van der Waals surface area contributed by atoms with E-state index in [-0.39, 0.29) is 24.2 Å². The van der Waals surface area contributed by atoms with Gasteiger partial charge in [0.05, 0.1) is 9.70 Å². The topological polar surface area (TPSA) is 57.6 Å². The number of amides is 1. The van der Waals surface area contributed by atoms with E-state index in [4.69, 9.17) is 5.11 Å². The predicted octanol–water partition coefficient (Wildman–Crippen LogP) is 3.33. The smallest absolute Gasteiger partial charge is 0.303 e. The van der Waals surface area contributed by atoms with Crippen LogP contribution in [0, 0.1) is 5.92 Å². The molecule has 110 valence electrons. The van der Waals surface area contributed by atoms with Gasteiger partial charge in [0.15, 0.2) is 0 Å². The van der Waals surface area contributed by atoms with Crippen LogP contribution in [-0.2, 0) is 9.59 Å². The molecule has 0 aromatic carbocycles. The van der Waals surface area contributed by atoms with E-state index >= 15 is 0 Å². The van der Waals surface area contributed by atoms with E-state index in [1.807, 2.05) is 24.0 Å². The Morgan fingerprint density at radius 3 is 2.60 bits per heavy atom. The predicted molar refractivity (Wildman–Crippen MR) is 82.0 cm³/mol. The third-order valence-electron chi connectivity index (χ3n) is 3.78. The Labute approximate surface area is 130 Å². The maximum Gasteiger partial charge on any atom is 0.303 e. The Bertz CT molecular complexity index is 494. The summed E-state index contributed by atoms with van der Waals surface area (Å²) >= 11 is 5.00. The van der Waals surface area contributed by atoms with E-state index in [0.717, 1.165) is 21.5 Å². The van der Waals surface area contributed by atoms with Gasteiger partial charge in [-0.3, -0.25) is 9.59 Å². The van der Waals surface area contributed by atoms with E-state index in [9.17, 15) is 9.59 Å². The van der Waals surface area contributed by atoms with Crippen LogP contribution in [0.2, 0.25) is 0 Å². The zero-order chi connectivity index (χ0) is 14.7. The summed E-state index contributed by atoms with van der Waals surface area (Å²) in [7, 11) is 0. The average molecular weight is 360 g/mol. The quantitative estimate of drug-likeness (QED) is 0.896. The van der Waals surface area contributed by atoms with Gasteiger partial charge in [-0.15, -0.1) is 11.3 Å². The van der Waals surface area contributed by atoms with Crippen LogP contribution in [0.15, 0.2) is 15.9 Å². The van der Waals surface area contributed by atoms with Crippen LogP contribution in [0.4, 0.5) is 0 Å². The fourth-order valence-corrected chi connectivity index (χ4v) is 4.03. The van der Waals surface area contributed by atoms with Crippen LogP contribution in [0.25, 0.3) is 0 Å². The molecule has 0 aliphatic carbocycles. The molecule has 1 aliphatic rings. The normalized spacial score (nSPS) is 18.0. The van der Waals surface area contributed by atoms with Crippen LogP contribution in [-0.4, -0.2) is 35.0 Å². The second-order valence-electron chi connectivity index (χ2n) is 5.23. The van der Waals surface area contributed by atoms with Gasteiger partial charge in [-0.05, 0) is 53.7 Å². The van der Waals surface area contributed by atoms with E-state index in [1.165, 1.54) is 0 Å². The first kappa shape index (κ1) is 15.5. The minimum absolute atomic E-state index is 0.123. The molecule has 1 aromatic rings. The number of piperidine rings is 1. The van der Waals surface area contributed by atoms with Crippen molar-refractivity contribution in [2.24, 2.45) is 5.92 Å². The molecule has 4 nitrogen and oxygen atoms in total. The highest BCUT2D eigenvalue weighted by molar-refractivity contribution is 9.11. The number of carboxylic acids is 1. The minimum atomic E-state index is -0.744. The summed E-state index contributed by atoms with van der Waals surface area (Å²) < 4.78 is 1.03. The minimum Gasteiger partial charge on any atom is -0.481 e. The summed E-state index contributed by atoms with van der Waals surface area (Å²) in [4.78, 5) is 26.1. The number of rotatable bonds is 4. The summed E-state index contributed by atoms with van der Waals surface area (Å²) in [6.07, 6.45) is 1.80. The highest BCUT2D eigenvalue weighted by Crippen LogP contribution is 2.30. The van der Waals surface area contributed by atoms with Gasteiger partial charge in [-0.2, -0.15) is 0 Å². The average Bonchev–Trinajstić information content (AvgIpc) is 2.84. The number of halogens is 1. The van der Waals surface area contributed by atoms with Gasteiger partial charge in [0.2, 0.25) is 5.91 Å². The van der Waals surface area contributed by atoms with E-state index in [1.54, 1.807) is 11.3 Å². The first-order valence-corrected chi connectivity index (χ1v) is 8.34. The summed E-state index contributed by atoms with van der Waals surface area (Å²) in [5.74, 6) is -0.509.